The number of cyclic esters (lactones) is 1. The van der Waals surface area contributed by atoms with Crippen molar-refractivity contribution in [2.24, 2.45) is 29.1 Å². The molecule has 1 heterocycles. The van der Waals surface area contributed by atoms with Gasteiger partial charge in [-0.05, 0) is 62.4 Å². The van der Waals surface area contributed by atoms with E-state index in [1.54, 1.807) is 0 Å². The molecule has 2 aliphatic carbocycles. The molecule has 1 unspecified atom stereocenters. The van der Waals surface area contributed by atoms with E-state index in [-0.39, 0.29) is 36.5 Å². The Kier molecular flexibility index (Phi) is 7.67. The van der Waals surface area contributed by atoms with Crippen molar-refractivity contribution >= 4 is 11.9 Å². The molecular weight excluding hydrogens is 392 g/mol. The fourth-order valence-corrected chi connectivity index (χ4v) is 5.46. The fraction of sp³-hybridized carbons (Fsp3) is 0.769. The van der Waals surface area contributed by atoms with Crippen molar-refractivity contribution in [2.45, 2.75) is 97.9 Å². The molecule has 0 aromatic rings. The molecule has 5 nitrogen and oxygen atoms in total. The van der Waals surface area contributed by atoms with Crippen LogP contribution in [0.15, 0.2) is 23.8 Å². The van der Waals surface area contributed by atoms with E-state index < -0.39 is 11.5 Å². The Morgan fingerprint density at radius 2 is 1.94 bits per heavy atom. The summed E-state index contributed by atoms with van der Waals surface area (Å²) in [6.45, 7) is 10.5. The maximum Gasteiger partial charge on any atom is 0.312 e. The molecule has 174 valence electrons. The van der Waals surface area contributed by atoms with Crippen LogP contribution >= 0.6 is 0 Å². The number of allylic oxidation sites excluding steroid dienone is 3. The Labute approximate surface area is 187 Å². The first-order chi connectivity index (χ1) is 14.7. The number of aliphatic hydroxyl groups excluding tert-OH is 1. The molecule has 0 bridgehead atoms. The topological polar surface area (TPSA) is 72.8 Å². The summed E-state index contributed by atoms with van der Waals surface area (Å²) in [5, 5.41) is 9.94. The molecule has 0 radical (unpaired) electrons. The normalized spacial score (nSPS) is 35.7. The van der Waals surface area contributed by atoms with Crippen molar-refractivity contribution in [1.82, 2.24) is 0 Å². The number of aliphatic hydroxyl groups is 1. The van der Waals surface area contributed by atoms with E-state index >= 15 is 0 Å². The maximum atomic E-state index is 13.1. The highest BCUT2D eigenvalue weighted by molar-refractivity contribution is 5.76. The van der Waals surface area contributed by atoms with Crippen LogP contribution in [0, 0.1) is 29.1 Å². The fourth-order valence-electron chi connectivity index (χ4n) is 5.46. The Bertz CT molecular complexity index is 719. The monoisotopic (exact) mass is 432 g/mol. The van der Waals surface area contributed by atoms with Crippen LogP contribution in [-0.2, 0) is 19.1 Å². The zero-order valence-corrected chi connectivity index (χ0v) is 19.8. The van der Waals surface area contributed by atoms with E-state index in [9.17, 15) is 14.7 Å². The number of ether oxygens (including phenoxy) is 2. The molecule has 3 rings (SSSR count). The summed E-state index contributed by atoms with van der Waals surface area (Å²) < 4.78 is 11.7. The summed E-state index contributed by atoms with van der Waals surface area (Å²) in [6, 6.07) is 0. The number of carbonyl (C=O) groups is 2. The summed E-state index contributed by atoms with van der Waals surface area (Å²) in [5.41, 5.74) is 0.831. The lowest BCUT2D eigenvalue weighted by Gasteiger charge is -2.44. The second kappa shape index (κ2) is 9.89. The van der Waals surface area contributed by atoms with Crippen LogP contribution in [0.5, 0.6) is 0 Å². The highest BCUT2D eigenvalue weighted by Crippen LogP contribution is 2.46. The minimum absolute atomic E-state index is 0.0822. The molecule has 1 aliphatic heterocycles. The predicted octanol–water partition coefficient (Wildman–Crippen LogP) is 4.98. The number of rotatable bonds is 7. The van der Waals surface area contributed by atoms with E-state index in [1.807, 2.05) is 20.8 Å². The van der Waals surface area contributed by atoms with E-state index in [0.29, 0.717) is 24.2 Å². The Morgan fingerprint density at radius 1 is 1.23 bits per heavy atom. The van der Waals surface area contributed by atoms with E-state index in [1.165, 1.54) is 5.57 Å². The Balaban J connectivity index is 1.77. The van der Waals surface area contributed by atoms with Crippen molar-refractivity contribution in [2.75, 3.05) is 0 Å². The van der Waals surface area contributed by atoms with E-state index in [2.05, 4.69) is 32.1 Å². The maximum absolute atomic E-state index is 13.1. The third-order valence-electron chi connectivity index (χ3n) is 7.96. The number of fused-ring (bicyclic) bond motifs is 1. The number of carbonyl (C=O) groups excluding carboxylic acids is 2. The molecular formula is C26H40O5. The summed E-state index contributed by atoms with van der Waals surface area (Å²) in [4.78, 5) is 24.8. The van der Waals surface area contributed by atoms with Crippen molar-refractivity contribution in [1.29, 1.82) is 0 Å². The average Bonchev–Trinajstić information content (AvgIpc) is 2.71. The largest absolute Gasteiger partial charge is 0.462 e. The third-order valence-corrected chi connectivity index (χ3v) is 7.96. The van der Waals surface area contributed by atoms with Crippen molar-refractivity contribution < 1.29 is 24.2 Å². The number of esters is 2. The minimum atomic E-state index is -0.601. The zero-order valence-electron chi connectivity index (χ0n) is 19.8. The second-order valence-electron chi connectivity index (χ2n) is 10.3. The van der Waals surface area contributed by atoms with Gasteiger partial charge >= 0.3 is 11.9 Å². The first-order valence-electron chi connectivity index (χ1n) is 12.1. The smallest absolute Gasteiger partial charge is 0.312 e. The summed E-state index contributed by atoms with van der Waals surface area (Å²) in [6.07, 6.45) is 10.4. The van der Waals surface area contributed by atoms with Gasteiger partial charge in [-0.2, -0.15) is 0 Å². The van der Waals surface area contributed by atoms with Gasteiger partial charge < -0.3 is 14.6 Å². The van der Waals surface area contributed by atoms with Gasteiger partial charge in [-0.1, -0.05) is 45.9 Å². The highest BCUT2D eigenvalue weighted by Gasteiger charge is 2.43. The SMILES string of the molecule is CCC(C)(CC)C(=O)O[C@H]1C[C@@H](C)C=C2C=C[C@H](C)[C@H](CC[C@@H]3C[C@@H](O)CC(=O)O3)C21. The van der Waals surface area contributed by atoms with Gasteiger partial charge in [0.05, 0.1) is 17.9 Å². The van der Waals surface area contributed by atoms with Crippen LogP contribution in [0.3, 0.4) is 0 Å². The molecule has 1 saturated heterocycles. The Hall–Kier alpha value is -1.62. The standard InChI is InChI=1S/C26H40O5/c1-6-26(5,7-2)25(29)31-22-13-16(3)12-18-9-8-17(4)21(24(18)22)11-10-20-14-19(27)15-23(28)30-20/h8-9,12,16-17,19-22,24,27H,6-7,10-11,13-15H2,1-5H3/t16-,17-,19+,20+,21-,22-,24?/m0/s1. The Morgan fingerprint density at radius 3 is 2.58 bits per heavy atom. The molecule has 3 aliphatic rings. The van der Waals surface area contributed by atoms with Crippen LogP contribution < -0.4 is 0 Å². The summed E-state index contributed by atoms with van der Waals surface area (Å²) in [5.74, 6) is 0.812. The van der Waals surface area contributed by atoms with Gasteiger partial charge in [-0.25, -0.2) is 0 Å². The van der Waals surface area contributed by atoms with Crippen molar-refractivity contribution in [3.05, 3.63) is 23.8 Å². The van der Waals surface area contributed by atoms with E-state index in [0.717, 1.165) is 32.1 Å². The van der Waals surface area contributed by atoms with Gasteiger partial charge in [0.15, 0.2) is 0 Å². The molecule has 31 heavy (non-hydrogen) atoms. The lowest BCUT2D eigenvalue weighted by atomic mass is 9.65. The van der Waals surface area contributed by atoms with Crippen LogP contribution in [0.25, 0.3) is 0 Å². The van der Waals surface area contributed by atoms with Gasteiger partial charge in [0, 0.05) is 12.3 Å². The summed E-state index contributed by atoms with van der Waals surface area (Å²) in [7, 11) is 0. The third kappa shape index (κ3) is 5.42. The van der Waals surface area contributed by atoms with E-state index in [4.69, 9.17) is 9.47 Å². The van der Waals surface area contributed by atoms with Crippen LogP contribution in [0.4, 0.5) is 0 Å². The van der Waals surface area contributed by atoms with Gasteiger partial charge in [0.25, 0.3) is 0 Å². The molecule has 5 heteroatoms. The van der Waals surface area contributed by atoms with Crippen LogP contribution in [0.1, 0.15) is 79.6 Å². The van der Waals surface area contributed by atoms with Crippen LogP contribution in [0.2, 0.25) is 0 Å². The molecule has 7 atom stereocenters. The molecule has 0 saturated carbocycles. The molecule has 0 amide bonds. The average molecular weight is 433 g/mol. The quantitative estimate of drug-likeness (QED) is 0.575. The lowest BCUT2D eigenvalue weighted by Crippen LogP contribution is -2.43. The first kappa shape index (κ1) is 24.0. The number of hydrogen-bond donors (Lipinski definition) is 1. The molecule has 1 N–H and O–H groups in total. The van der Waals surface area contributed by atoms with Gasteiger partial charge in [-0.15, -0.1) is 0 Å². The molecule has 1 fully saturated rings. The van der Waals surface area contributed by atoms with Gasteiger partial charge in [0.2, 0.25) is 0 Å². The first-order valence-corrected chi connectivity index (χ1v) is 12.1. The van der Waals surface area contributed by atoms with Gasteiger partial charge in [0.1, 0.15) is 12.2 Å². The zero-order chi connectivity index (χ0) is 22.8. The lowest BCUT2D eigenvalue weighted by molar-refractivity contribution is -0.167. The highest BCUT2D eigenvalue weighted by atomic mass is 16.6. The van der Waals surface area contributed by atoms with Crippen LogP contribution in [-0.4, -0.2) is 35.4 Å². The van der Waals surface area contributed by atoms with Crippen molar-refractivity contribution in [3.63, 3.8) is 0 Å². The molecule has 0 aromatic heterocycles. The predicted molar refractivity (Wildman–Crippen MR) is 120 cm³/mol. The summed E-state index contributed by atoms with van der Waals surface area (Å²) >= 11 is 0. The van der Waals surface area contributed by atoms with Gasteiger partial charge in [-0.3, -0.25) is 9.59 Å². The van der Waals surface area contributed by atoms with Crippen molar-refractivity contribution in [3.8, 4) is 0 Å². The molecule has 0 aromatic carbocycles. The minimum Gasteiger partial charge on any atom is -0.462 e. The second-order valence-corrected chi connectivity index (χ2v) is 10.3. The number of hydrogen-bond acceptors (Lipinski definition) is 5. The molecule has 0 spiro atoms.